The van der Waals surface area contributed by atoms with Crippen LogP contribution >= 0.6 is 0 Å². The van der Waals surface area contributed by atoms with Crippen molar-refractivity contribution in [2.24, 2.45) is 5.92 Å². The molecule has 0 bridgehead atoms. The molecular formula is C21H24N2O4. The highest BCUT2D eigenvalue weighted by Crippen LogP contribution is 2.23. The number of nitrogens with zero attached hydrogens (tertiary/aromatic N) is 1. The minimum absolute atomic E-state index is 0.0927. The standard InChI is InChI=1S/C21H24N2O4/c1-13(2)19(21(25)26-4)22-20(24)17-11-18-16(9-10-27-18)23(17)12-15-7-5-14(3)6-8-15/h5-11,13,19H,12H2,1-4H3,(H,22,24). The molecule has 0 aliphatic heterocycles. The molecule has 1 N–H and O–H groups in total. The Morgan fingerprint density at radius 3 is 2.52 bits per heavy atom. The number of rotatable bonds is 6. The molecule has 6 heteroatoms. The third-order valence-corrected chi connectivity index (χ3v) is 4.63. The molecule has 6 nitrogen and oxygen atoms in total. The van der Waals surface area contributed by atoms with Crippen LogP contribution in [0.15, 0.2) is 47.1 Å². The Kier molecular flexibility index (Phi) is 5.35. The molecule has 1 atom stereocenters. The third kappa shape index (κ3) is 3.89. The van der Waals surface area contributed by atoms with Crippen molar-refractivity contribution >= 4 is 23.0 Å². The summed E-state index contributed by atoms with van der Waals surface area (Å²) in [7, 11) is 1.32. The van der Waals surface area contributed by atoms with Crippen molar-refractivity contribution in [3.63, 3.8) is 0 Å². The first kappa shape index (κ1) is 18.8. The van der Waals surface area contributed by atoms with Gasteiger partial charge in [-0.15, -0.1) is 0 Å². The fourth-order valence-electron chi connectivity index (χ4n) is 3.05. The highest BCUT2D eigenvalue weighted by molar-refractivity contribution is 5.99. The molecule has 0 aliphatic carbocycles. The smallest absolute Gasteiger partial charge is 0.328 e. The summed E-state index contributed by atoms with van der Waals surface area (Å²) in [5.74, 6) is -0.888. The van der Waals surface area contributed by atoms with Gasteiger partial charge in [-0.3, -0.25) is 4.79 Å². The summed E-state index contributed by atoms with van der Waals surface area (Å²) in [4.78, 5) is 24.9. The van der Waals surface area contributed by atoms with Crippen LogP contribution in [0.5, 0.6) is 0 Å². The molecule has 0 saturated heterocycles. The molecule has 1 aromatic carbocycles. The van der Waals surface area contributed by atoms with Crippen LogP contribution < -0.4 is 5.32 Å². The van der Waals surface area contributed by atoms with Gasteiger partial charge in [0.2, 0.25) is 0 Å². The maximum absolute atomic E-state index is 12.9. The molecule has 1 amide bonds. The number of hydrogen-bond donors (Lipinski definition) is 1. The molecule has 3 aromatic rings. The predicted octanol–water partition coefficient (Wildman–Crippen LogP) is 3.52. The van der Waals surface area contributed by atoms with Gasteiger partial charge >= 0.3 is 5.97 Å². The minimum Gasteiger partial charge on any atom is -0.467 e. The third-order valence-electron chi connectivity index (χ3n) is 4.63. The first-order valence-corrected chi connectivity index (χ1v) is 8.91. The number of benzene rings is 1. The van der Waals surface area contributed by atoms with Crippen molar-refractivity contribution in [1.29, 1.82) is 0 Å². The lowest BCUT2D eigenvalue weighted by molar-refractivity contribution is -0.144. The molecule has 0 aliphatic rings. The second-order valence-corrected chi connectivity index (χ2v) is 6.99. The van der Waals surface area contributed by atoms with E-state index in [0.29, 0.717) is 17.8 Å². The Hall–Kier alpha value is -3.02. The van der Waals surface area contributed by atoms with Gasteiger partial charge in [-0.1, -0.05) is 43.7 Å². The number of fused-ring (bicyclic) bond motifs is 1. The van der Waals surface area contributed by atoms with E-state index in [4.69, 9.17) is 9.15 Å². The number of esters is 1. The molecule has 2 heterocycles. The molecular weight excluding hydrogens is 344 g/mol. The van der Waals surface area contributed by atoms with Gasteiger partial charge in [0, 0.05) is 18.7 Å². The number of furan rings is 1. The Balaban J connectivity index is 1.93. The van der Waals surface area contributed by atoms with Crippen LogP contribution in [0.3, 0.4) is 0 Å². The molecule has 2 aromatic heterocycles. The van der Waals surface area contributed by atoms with Gasteiger partial charge in [0.25, 0.3) is 5.91 Å². The number of aromatic nitrogens is 1. The van der Waals surface area contributed by atoms with Crippen LogP contribution in [0.1, 0.15) is 35.5 Å². The number of ether oxygens (including phenoxy) is 1. The predicted molar refractivity (Wildman–Crippen MR) is 103 cm³/mol. The number of amides is 1. The molecule has 3 rings (SSSR count). The molecule has 1 unspecified atom stereocenters. The van der Waals surface area contributed by atoms with Gasteiger partial charge in [0.1, 0.15) is 11.7 Å². The van der Waals surface area contributed by atoms with Crippen molar-refractivity contribution in [1.82, 2.24) is 9.88 Å². The van der Waals surface area contributed by atoms with Crippen LogP contribution in [0.2, 0.25) is 0 Å². The van der Waals surface area contributed by atoms with E-state index < -0.39 is 12.0 Å². The molecule has 0 spiro atoms. The lowest BCUT2D eigenvalue weighted by atomic mass is 10.0. The lowest BCUT2D eigenvalue weighted by Crippen LogP contribution is -2.45. The fourth-order valence-corrected chi connectivity index (χ4v) is 3.05. The number of nitrogens with one attached hydrogen (secondary N) is 1. The number of methoxy groups -OCH3 is 1. The van der Waals surface area contributed by atoms with Crippen molar-refractivity contribution in [3.8, 4) is 0 Å². The topological polar surface area (TPSA) is 73.5 Å². The monoisotopic (exact) mass is 368 g/mol. The van der Waals surface area contributed by atoms with Gasteiger partial charge in [0.15, 0.2) is 5.58 Å². The van der Waals surface area contributed by atoms with Gasteiger partial charge in [-0.25, -0.2) is 4.79 Å². The van der Waals surface area contributed by atoms with Crippen LogP contribution in [-0.2, 0) is 16.1 Å². The van der Waals surface area contributed by atoms with E-state index in [-0.39, 0.29) is 11.8 Å². The van der Waals surface area contributed by atoms with Gasteiger partial charge < -0.3 is 19.0 Å². The molecule has 142 valence electrons. The average Bonchev–Trinajstić information content (AvgIpc) is 3.23. The highest BCUT2D eigenvalue weighted by Gasteiger charge is 2.27. The summed E-state index contributed by atoms with van der Waals surface area (Å²) in [5.41, 5.74) is 4.16. The van der Waals surface area contributed by atoms with Gasteiger partial charge in [-0.05, 0) is 18.4 Å². The normalized spacial score (nSPS) is 12.3. The maximum Gasteiger partial charge on any atom is 0.328 e. The number of carbonyl (C=O) groups is 2. The summed E-state index contributed by atoms with van der Waals surface area (Å²) in [6, 6.07) is 11.0. The highest BCUT2D eigenvalue weighted by atomic mass is 16.5. The van der Waals surface area contributed by atoms with E-state index in [1.165, 1.54) is 12.7 Å². The zero-order valence-corrected chi connectivity index (χ0v) is 16.0. The Morgan fingerprint density at radius 1 is 1.19 bits per heavy atom. The quantitative estimate of drug-likeness (QED) is 0.676. The van der Waals surface area contributed by atoms with Crippen LogP contribution in [0.4, 0.5) is 0 Å². The first-order chi connectivity index (χ1) is 12.9. The van der Waals surface area contributed by atoms with E-state index in [1.807, 2.05) is 55.7 Å². The SMILES string of the molecule is COC(=O)C(NC(=O)c1cc2occc2n1Cc1ccc(C)cc1)C(C)C. The lowest BCUT2D eigenvalue weighted by Gasteiger charge is -2.20. The van der Waals surface area contributed by atoms with Crippen LogP contribution in [0, 0.1) is 12.8 Å². The van der Waals surface area contributed by atoms with Crippen LogP contribution in [-0.4, -0.2) is 29.6 Å². The summed E-state index contributed by atoms with van der Waals surface area (Å²) in [5, 5.41) is 2.79. The van der Waals surface area contributed by atoms with Crippen molar-refractivity contribution in [2.75, 3.05) is 7.11 Å². The van der Waals surface area contributed by atoms with E-state index in [9.17, 15) is 9.59 Å². The summed E-state index contributed by atoms with van der Waals surface area (Å²) >= 11 is 0. The second-order valence-electron chi connectivity index (χ2n) is 6.99. The van der Waals surface area contributed by atoms with Gasteiger partial charge in [-0.2, -0.15) is 0 Å². The minimum atomic E-state index is -0.712. The average molecular weight is 368 g/mol. The Labute approximate surface area is 158 Å². The number of hydrogen-bond acceptors (Lipinski definition) is 4. The van der Waals surface area contributed by atoms with Crippen molar-refractivity contribution in [2.45, 2.75) is 33.4 Å². The Bertz CT molecular complexity index is 950. The molecule has 0 saturated carbocycles. The fraction of sp³-hybridized carbons (Fsp3) is 0.333. The van der Waals surface area contributed by atoms with Crippen molar-refractivity contribution < 1.29 is 18.7 Å². The summed E-state index contributed by atoms with van der Waals surface area (Å²) < 4.78 is 12.2. The zero-order chi connectivity index (χ0) is 19.6. The molecule has 0 radical (unpaired) electrons. The Morgan fingerprint density at radius 2 is 1.89 bits per heavy atom. The second kappa shape index (κ2) is 7.70. The zero-order valence-electron chi connectivity index (χ0n) is 16.0. The molecule has 27 heavy (non-hydrogen) atoms. The summed E-state index contributed by atoms with van der Waals surface area (Å²) in [6.45, 7) is 6.28. The number of carbonyl (C=O) groups excluding carboxylic acids is 2. The van der Waals surface area contributed by atoms with Crippen molar-refractivity contribution in [3.05, 3.63) is 59.5 Å². The maximum atomic E-state index is 12.9. The van der Waals surface area contributed by atoms with E-state index in [2.05, 4.69) is 5.32 Å². The van der Waals surface area contributed by atoms with E-state index in [1.54, 1.807) is 12.3 Å². The first-order valence-electron chi connectivity index (χ1n) is 8.91. The number of aryl methyl sites for hydroxylation is 1. The van der Waals surface area contributed by atoms with E-state index in [0.717, 1.165) is 11.1 Å². The van der Waals surface area contributed by atoms with Gasteiger partial charge in [0.05, 0.1) is 18.9 Å². The molecule has 0 fully saturated rings. The largest absolute Gasteiger partial charge is 0.467 e. The summed E-state index contributed by atoms with van der Waals surface area (Å²) in [6.07, 6.45) is 1.60. The van der Waals surface area contributed by atoms with Crippen LogP contribution in [0.25, 0.3) is 11.1 Å². The van der Waals surface area contributed by atoms with E-state index >= 15 is 0 Å².